The third-order valence-corrected chi connectivity index (χ3v) is 8.08. The van der Waals surface area contributed by atoms with Gasteiger partial charge in [-0.3, -0.25) is 0 Å². The van der Waals surface area contributed by atoms with E-state index in [9.17, 15) is 5.11 Å². The van der Waals surface area contributed by atoms with E-state index in [0.717, 1.165) is 0 Å². The highest BCUT2D eigenvalue weighted by atomic mass is 28.4. The molecule has 0 rings (SSSR count). The molecule has 0 spiro atoms. The zero-order valence-corrected chi connectivity index (χ0v) is 12.7. The summed E-state index contributed by atoms with van der Waals surface area (Å²) >= 11 is 0. The van der Waals surface area contributed by atoms with Gasteiger partial charge >= 0.3 is 0 Å². The molecule has 0 fully saturated rings. The van der Waals surface area contributed by atoms with Gasteiger partial charge in [-0.1, -0.05) is 33.8 Å². The molecule has 0 aromatic carbocycles. The third kappa shape index (κ3) is 4.81. The summed E-state index contributed by atoms with van der Waals surface area (Å²) in [7, 11) is -1.67. The lowest BCUT2D eigenvalue weighted by Gasteiger charge is -2.37. The third-order valence-electron chi connectivity index (χ3n) is 3.58. The van der Waals surface area contributed by atoms with Gasteiger partial charge in [0.1, 0.15) is 0 Å². The Balaban J connectivity index is 4.19. The summed E-state index contributed by atoms with van der Waals surface area (Å²) in [6, 6.07) is 0. The van der Waals surface area contributed by atoms with Crippen molar-refractivity contribution >= 4 is 8.32 Å². The van der Waals surface area contributed by atoms with E-state index < -0.39 is 8.32 Å². The highest BCUT2D eigenvalue weighted by molar-refractivity contribution is 6.74. The Morgan fingerprint density at radius 3 is 2.25 bits per heavy atom. The standard InChI is InChI=1S/C13H28O2Si/c1-8-9-12(14)11(2)10-15-16(6,7)13(3,4)5/h8,11-12,14H,1,9-10H2,2-7H3/t11-,12-/m1/s1. The average molecular weight is 244 g/mol. The van der Waals surface area contributed by atoms with Crippen LogP contribution in [0.3, 0.4) is 0 Å². The summed E-state index contributed by atoms with van der Waals surface area (Å²) in [6.45, 7) is 17.5. The Morgan fingerprint density at radius 2 is 1.88 bits per heavy atom. The smallest absolute Gasteiger partial charge is 0.191 e. The summed E-state index contributed by atoms with van der Waals surface area (Å²) in [5, 5.41) is 10.0. The topological polar surface area (TPSA) is 29.5 Å². The first-order valence-electron chi connectivity index (χ1n) is 6.04. The number of hydrogen-bond donors (Lipinski definition) is 1. The van der Waals surface area contributed by atoms with Crippen LogP contribution >= 0.6 is 0 Å². The summed E-state index contributed by atoms with van der Waals surface area (Å²) in [5.74, 6) is 0.173. The second-order valence-corrected chi connectivity index (χ2v) is 10.9. The van der Waals surface area contributed by atoms with Crippen LogP contribution in [-0.4, -0.2) is 26.1 Å². The van der Waals surface area contributed by atoms with Crippen molar-refractivity contribution in [2.75, 3.05) is 6.61 Å². The van der Waals surface area contributed by atoms with Crippen LogP contribution in [0.2, 0.25) is 18.1 Å². The minimum absolute atomic E-state index is 0.173. The van der Waals surface area contributed by atoms with Crippen LogP contribution in [0, 0.1) is 5.92 Å². The number of aliphatic hydroxyl groups is 1. The van der Waals surface area contributed by atoms with Crippen molar-refractivity contribution in [3.05, 3.63) is 12.7 Å². The molecule has 0 unspecified atom stereocenters. The molecule has 0 aliphatic heterocycles. The Hall–Kier alpha value is -0.123. The van der Waals surface area contributed by atoms with Crippen molar-refractivity contribution in [3.8, 4) is 0 Å². The molecular formula is C13H28O2Si. The first-order chi connectivity index (χ1) is 7.12. The van der Waals surface area contributed by atoms with E-state index in [4.69, 9.17) is 4.43 Å². The van der Waals surface area contributed by atoms with Crippen LogP contribution in [0.15, 0.2) is 12.7 Å². The molecule has 0 heterocycles. The van der Waals surface area contributed by atoms with E-state index in [1.54, 1.807) is 6.08 Å². The molecule has 0 amide bonds. The molecular weight excluding hydrogens is 216 g/mol. The molecule has 3 heteroatoms. The van der Waals surface area contributed by atoms with E-state index in [0.29, 0.717) is 13.0 Å². The maximum atomic E-state index is 9.78. The molecule has 96 valence electrons. The molecule has 0 saturated heterocycles. The lowest BCUT2D eigenvalue weighted by molar-refractivity contribution is 0.0825. The molecule has 16 heavy (non-hydrogen) atoms. The van der Waals surface area contributed by atoms with Crippen LogP contribution in [0.1, 0.15) is 34.1 Å². The SMILES string of the molecule is C=CC[C@@H](O)[C@H](C)CO[Si](C)(C)C(C)(C)C. The van der Waals surface area contributed by atoms with Crippen LogP contribution in [0.4, 0.5) is 0 Å². The maximum Gasteiger partial charge on any atom is 0.191 e. The zero-order valence-electron chi connectivity index (χ0n) is 11.7. The predicted molar refractivity (Wildman–Crippen MR) is 73.1 cm³/mol. The molecule has 1 N–H and O–H groups in total. The minimum atomic E-state index is -1.67. The molecule has 0 aliphatic carbocycles. The minimum Gasteiger partial charge on any atom is -0.416 e. The Kier molecular flexibility index (Phi) is 5.94. The second-order valence-electron chi connectivity index (χ2n) is 6.14. The first-order valence-corrected chi connectivity index (χ1v) is 8.95. The van der Waals surface area contributed by atoms with Gasteiger partial charge in [-0.25, -0.2) is 0 Å². The number of hydrogen-bond acceptors (Lipinski definition) is 2. The summed E-state index contributed by atoms with van der Waals surface area (Å²) in [4.78, 5) is 0. The van der Waals surface area contributed by atoms with Crippen molar-refractivity contribution in [2.45, 2.75) is 58.4 Å². The molecule has 0 aliphatic rings. The molecule has 2 atom stereocenters. The normalized spacial score (nSPS) is 16.9. The van der Waals surface area contributed by atoms with E-state index in [1.807, 2.05) is 6.92 Å². The van der Waals surface area contributed by atoms with Crippen LogP contribution in [-0.2, 0) is 4.43 Å². The second kappa shape index (κ2) is 5.99. The lowest BCUT2D eigenvalue weighted by Crippen LogP contribution is -2.42. The van der Waals surface area contributed by atoms with E-state index in [2.05, 4.69) is 40.4 Å². The fraction of sp³-hybridized carbons (Fsp3) is 0.846. The van der Waals surface area contributed by atoms with Crippen molar-refractivity contribution in [3.63, 3.8) is 0 Å². The first kappa shape index (κ1) is 15.9. The average Bonchev–Trinajstić information content (AvgIpc) is 2.12. The molecule has 2 nitrogen and oxygen atoms in total. The molecule has 0 aromatic rings. The quantitative estimate of drug-likeness (QED) is 0.571. The van der Waals surface area contributed by atoms with Crippen molar-refractivity contribution < 1.29 is 9.53 Å². The molecule has 0 bridgehead atoms. The Bertz CT molecular complexity index is 218. The Morgan fingerprint density at radius 1 is 1.38 bits per heavy atom. The van der Waals surface area contributed by atoms with Crippen LogP contribution in [0.25, 0.3) is 0 Å². The summed E-state index contributed by atoms with van der Waals surface area (Å²) < 4.78 is 6.07. The molecule has 0 radical (unpaired) electrons. The molecule has 0 saturated carbocycles. The highest BCUT2D eigenvalue weighted by Gasteiger charge is 2.37. The van der Waals surface area contributed by atoms with Gasteiger partial charge in [-0.2, -0.15) is 0 Å². The van der Waals surface area contributed by atoms with Crippen molar-refractivity contribution in [1.29, 1.82) is 0 Å². The van der Waals surface area contributed by atoms with Gasteiger partial charge < -0.3 is 9.53 Å². The van der Waals surface area contributed by atoms with E-state index >= 15 is 0 Å². The van der Waals surface area contributed by atoms with Crippen LogP contribution in [0.5, 0.6) is 0 Å². The largest absolute Gasteiger partial charge is 0.416 e. The lowest BCUT2D eigenvalue weighted by atomic mass is 10.0. The molecule has 0 aromatic heterocycles. The van der Waals surface area contributed by atoms with E-state index in [1.165, 1.54) is 0 Å². The fourth-order valence-electron chi connectivity index (χ4n) is 1.07. The zero-order chi connectivity index (χ0) is 13.0. The van der Waals surface area contributed by atoms with Gasteiger partial charge in [0.2, 0.25) is 0 Å². The summed E-state index contributed by atoms with van der Waals surface area (Å²) in [5.41, 5.74) is 0. The van der Waals surface area contributed by atoms with Gasteiger partial charge in [0.25, 0.3) is 0 Å². The summed E-state index contributed by atoms with van der Waals surface area (Å²) in [6.07, 6.45) is 2.07. The monoisotopic (exact) mass is 244 g/mol. The predicted octanol–water partition coefficient (Wildman–Crippen LogP) is 3.58. The van der Waals surface area contributed by atoms with Gasteiger partial charge in [-0.15, -0.1) is 6.58 Å². The Labute approximate surface area is 102 Å². The van der Waals surface area contributed by atoms with Gasteiger partial charge in [-0.05, 0) is 24.6 Å². The van der Waals surface area contributed by atoms with Crippen molar-refractivity contribution in [1.82, 2.24) is 0 Å². The maximum absolute atomic E-state index is 9.78. The number of aliphatic hydroxyl groups excluding tert-OH is 1. The number of rotatable bonds is 6. The van der Waals surface area contributed by atoms with Crippen LogP contribution < -0.4 is 0 Å². The van der Waals surface area contributed by atoms with Gasteiger partial charge in [0.05, 0.1) is 6.10 Å². The van der Waals surface area contributed by atoms with Gasteiger partial charge in [0, 0.05) is 12.5 Å². The van der Waals surface area contributed by atoms with E-state index in [-0.39, 0.29) is 17.1 Å². The highest BCUT2D eigenvalue weighted by Crippen LogP contribution is 2.36. The van der Waals surface area contributed by atoms with Crippen molar-refractivity contribution in [2.24, 2.45) is 5.92 Å². The fourth-order valence-corrected chi connectivity index (χ4v) is 2.18. The van der Waals surface area contributed by atoms with Gasteiger partial charge in [0.15, 0.2) is 8.32 Å².